The van der Waals surface area contributed by atoms with Crippen LogP contribution in [0.3, 0.4) is 0 Å². The predicted molar refractivity (Wildman–Crippen MR) is 78.9 cm³/mol. The molecule has 1 N–H and O–H groups in total. The Balaban J connectivity index is 2.35. The fraction of sp³-hybridized carbons (Fsp3) is 0.438. The molecule has 2 aromatic rings. The van der Waals surface area contributed by atoms with Crippen molar-refractivity contribution in [1.82, 2.24) is 9.78 Å². The van der Waals surface area contributed by atoms with Gasteiger partial charge in [0, 0.05) is 24.2 Å². The summed E-state index contributed by atoms with van der Waals surface area (Å²) >= 11 is 0. The van der Waals surface area contributed by atoms with Crippen molar-refractivity contribution in [3.8, 4) is 5.75 Å². The summed E-state index contributed by atoms with van der Waals surface area (Å²) in [5.74, 6) is 0.705. The second kappa shape index (κ2) is 5.67. The second-order valence-electron chi connectivity index (χ2n) is 5.24. The molecule has 0 aliphatic rings. The molecule has 1 aromatic heterocycles. The van der Waals surface area contributed by atoms with Gasteiger partial charge in [0.05, 0.1) is 18.4 Å². The molecule has 0 saturated heterocycles. The average Bonchev–Trinajstić information content (AvgIpc) is 2.77. The van der Waals surface area contributed by atoms with Gasteiger partial charge in [-0.1, -0.05) is 18.2 Å². The van der Waals surface area contributed by atoms with Gasteiger partial charge in [-0.2, -0.15) is 5.10 Å². The minimum atomic E-state index is -0.994. The molecule has 1 heterocycles. The molecule has 0 aliphatic heterocycles. The van der Waals surface area contributed by atoms with Gasteiger partial charge in [-0.25, -0.2) is 0 Å². The van der Waals surface area contributed by atoms with E-state index in [0.717, 1.165) is 23.5 Å². The van der Waals surface area contributed by atoms with Gasteiger partial charge in [-0.15, -0.1) is 0 Å². The third kappa shape index (κ3) is 2.85. The van der Waals surface area contributed by atoms with E-state index in [1.54, 1.807) is 7.11 Å². The summed E-state index contributed by atoms with van der Waals surface area (Å²) in [5.41, 5.74) is 1.80. The first kappa shape index (κ1) is 14.6. The van der Waals surface area contributed by atoms with Crippen molar-refractivity contribution < 1.29 is 9.84 Å². The number of nitrogens with zero attached hydrogens (tertiary/aromatic N) is 2. The lowest BCUT2D eigenvalue weighted by molar-refractivity contribution is 0.0528. The van der Waals surface area contributed by atoms with E-state index in [1.807, 2.05) is 55.8 Å². The first-order valence-electron chi connectivity index (χ1n) is 6.87. The van der Waals surface area contributed by atoms with E-state index in [0.29, 0.717) is 12.2 Å². The summed E-state index contributed by atoms with van der Waals surface area (Å²) < 4.78 is 7.28. The van der Waals surface area contributed by atoms with E-state index in [1.165, 1.54) is 0 Å². The standard InChI is InChI=1S/C16H22N2O2/c1-5-18-13(10-12(2)17-18)11-16(3,19)14-8-6-7-9-15(14)20-4/h6-10,19H,5,11H2,1-4H3. The highest BCUT2D eigenvalue weighted by Gasteiger charge is 2.28. The van der Waals surface area contributed by atoms with E-state index in [9.17, 15) is 5.11 Å². The number of benzene rings is 1. The molecule has 1 unspecified atom stereocenters. The van der Waals surface area contributed by atoms with Crippen molar-refractivity contribution in [2.75, 3.05) is 7.11 Å². The minimum Gasteiger partial charge on any atom is -0.496 e. The Labute approximate surface area is 120 Å². The lowest BCUT2D eigenvalue weighted by atomic mass is 9.90. The van der Waals surface area contributed by atoms with E-state index in [2.05, 4.69) is 5.10 Å². The minimum absolute atomic E-state index is 0.502. The maximum absolute atomic E-state index is 10.9. The number of hydrogen-bond acceptors (Lipinski definition) is 3. The van der Waals surface area contributed by atoms with Crippen molar-refractivity contribution in [3.63, 3.8) is 0 Å². The maximum atomic E-state index is 10.9. The SMILES string of the molecule is CCn1nc(C)cc1CC(C)(O)c1ccccc1OC. The summed E-state index contributed by atoms with van der Waals surface area (Å²) in [6.07, 6.45) is 0.502. The molecule has 0 fully saturated rings. The molecule has 4 nitrogen and oxygen atoms in total. The number of aryl methyl sites for hydroxylation is 2. The molecule has 20 heavy (non-hydrogen) atoms. The summed E-state index contributed by atoms with van der Waals surface area (Å²) in [6.45, 7) is 6.62. The zero-order chi connectivity index (χ0) is 14.8. The van der Waals surface area contributed by atoms with Crippen molar-refractivity contribution in [2.24, 2.45) is 0 Å². The van der Waals surface area contributed by atoms with Gasteiger partial charge in [0.1, 0.15) is 5.75 Å². The molecular formula is C16H22N2O2. The highest BCUT2D eigenvalue weighted by molar-refractivity contribution is 5.38. The lowest BCUT2D eigenvalue weighted by Gasteiger charge is -2.26. The zero-order valence-electron chi connectivity index (χ0n) is 12.6. The number of ether oxygens (including phenoxy) is 1. The van der Waals surface area contributed by atoms with Crippen LogP contribution >= 0.6 is 0 Å². The van der Waals surface area contributed by atoms with Crippen LogP contribution in [0.1, 0.15) is 30.8 Å². The van der Waals surface area contributed by atoms with Gasteiger partial charge in [0.15, 0.2) is 0 Å². The summed E-state index contributed by atoms with van der Waals surface area (Å²) in [4.78, 5) is 0. The number of hydrogen-bond donors (Lipinski definition) is 1. The van der Waals surface area contributed by atoms with Crippen molar-refractivity contribution in [3.05, 3.63) is 47.3 Å². The summed E-state index contributed by atoms with van der Waals surface area (Å²) in [5, 5.41) is 15.3. The Kier molecular flexibility index (Phi) is 4.14. The van der Waals surface area contributed by atoms with E-state index in [-0.39, 0.29) is 0 Å². The monoisotopic (exact) mass is 274 g/mol. The third-order valence-corrected chi connectivity index (χ3v) is 3.50. The fourth-order valence-corrected chi connectivity index (χ4v) is 2.55. The fourth-order valence-electron chi connectivity index (χ4n) is 2.55. The number of aliphatic hydroxyl groups is 1. The summed E-state index contributed by atoms with van der Waals surface area (Å²) in [7, 11) is 1.62. The van der Waals surface area contributed by atoms with Crippen molar-refractivity contribution >= 4 is 0 Å². The molecule has 0 bridgehead atoms. The smallest absolute Gasteiger partial charge is 0.124 e. The van der Waals surface area contributed by atoms with Crippen LogP contribution in [0.2, 0.25) is 0 Å². The van der Waals surface area contributed by atoms with Crippen LogP contribution in [0.25, 0.3) is 0 Å². The summed E-state index contributed by atoms with van der Waals surface area (Å²) in [6, 6.07) is 9.60. The number of methoxy groups -OCH3 is 1. The van der Waals surface area contributed by atoms with Crippen LogP contribution in [0.4, 0.5) is 0 Å². The Hall–Kier alpha value is -1.81. The quantitative estimate of drug-likeness (QED) is 0.912. The first-order valence-corrected chi connectivity index (χ1v) is 6.87. The van der Waals surface area contributed by atoms with E-state index < -0.39 is 5.60 Å². The molecule has 2 rings (SSSR count). The molecule has 0 aliphatic carbocycles. The van der Waals surface area contributed by atoms with Gasteiger partial charge in [0.2, 0.25) is 0 Å². The topological polar surface area (TPSA) is 47.3 Å². The zero-order valence-corrected chi connectivity index (χ0v) is 12.6. The van der Waals surface area contributed by atoms with Gasteiger partial charge in [-0.05, 0) is 32.9 Å². The maximum Gasteiger partial charge on any atom is 0.124 e. The van der Waals surface area contributed by atoms with Crippen LogP contribution in [0, 0.1) is 6.92 Å². The Morgan fingerprint density at radius 2 is 2.05 bits per heavy atom. The van der Waals surface area contributed by atoms with Crippen LogP contribution < -0.4 is 4.74 Å². The number of aromatic nitrogens is 2. The van der Waals surface area contributed by atoms with Crippen LogP contribution in [-0.2, 0) is 18.6 Å². The van der Waals surface area contributed by atoms with E-state index >= 15 is 0 Å². The molecular weight excluding hydrogens is 252 g/mol. The lowest BCUT2D eigenvalue weighted by Crippen LogP contribution is -2.26. The van der Waals surface area contributed by atoms with Crippen molar-refractivity contribution in [1.29, 1.82) is 0 Å². The molecule has 0 amide bonds. The van der Waals surface area contributed by atoms with Gasteiger partial charge in [-0.3, -0.25) is 4.68 Å². The van der Waals surface area contributed by atoms with Gasteiger partial charge in [0.25, 0.3) is 0 Å². The molecule has 4 heteroatoms. The average molecular weight is 274 g/mol. The van der Waals surface area contributed by atoms with Crippen LogP contribution in [0.5, 0.6) is 5.75 Å². The highest BCUT2D eigenvalue weighted by Crippen LogP contribution is 2.32. The predicted octanol–water partition coefficient (Wildman–Crippen LogP) is 2.67. The Bertz CT molecular complexity index is 588. The Morgan fingerprint density at radius 3 is 2.70 bits per heavy atom. The molecule has 1 aromatic carbocycles. The van der Waals surface area contributed by atoms with Gasteiger partial charge >= 0.3 is 0 Å². The van der Waals surface area contributed by atoms with Crippen LogP contribution in [0.15, 0.2) is 30.3 Å². The Morgan fingerprint density at radius 1 is 1.35 bits per heavy atom. The normalized spacial score (nSPS) is 14.1. The molecule has 108 valence electrons. The second-order valence-corrected chi connectivity index (χ2v) is 5.24. The molecule has 0 spiro atoms. The molecule has 0 radical (unpaired) electrons. The largest absolute Gasteiger partial charge is 0.496 e. The first-order chi connectivity index (χ1) is 9.47. The van der Waals surface area contributed by atoms with E-state index in [4.69, 9.17) is 4.74 Å². The molecule has 1 atom stereocenters. The number of para-hydroxylation sites is 1. The third-order valence-electron chi connectivity index (χ3n) is 3.50. The van der Waals surface area contributed by atoms with Crippen molar-refractivity contribution in [2.45, 2.75) is 39.3 Å². The molecule has 0 saturated carbocycles. The highest BCUT2D eigenvalue weighted by atomic mass is 16.5. The number of rotatable bonds is 5. The van der Waals surface area contributed by atoms with Gasteiger partial charge < -0.3 is 9.84 Å². The van der Waals surface area contributed by atoms with Crippen LogP contribution in [-0.4, -0.2) is 22.0 Å².